The van der Waals surface area contributed by atoms with Gasteiger partial charge in [-0.2, -0.15) is 5.26 Å². The Balaban J connectivity index is 1.50. The van der Waals surface area contributed by atoms with Crippen molar-refractivity contribution in [2.24, 2.45) is 17.8 Å². The third-order valence-corrected chi connectivity index (χ3v) is 9.03. The Hall–Kier alpha value is -3.14. The summed E-state index contributed by atoms with van der Waals surface area (Å²) < 4.78 is 17.5. The summed E-state index contributed by atoms with van der Waals surface area (Å²) in [6.45, 7) is 7.63. The number of amides is 4. The van der Waals surface area contributed by atoms with E-state index in [-0.39, 0.29) is 30.5 Å². The van der Waals surface area contributed by atoms with Gasteiger partial charge in [0.05, 0.1) is 6.07 Å². The Labute approximate surface area is 260 Å². The first-order valence-corrected chi connectivity index (χ1v) is 15.0. The fourth-order valence-corrected chi connectivity index (χ4v) is 6.76. The number of benzene rings is 1. The van der Waals surface area contributed by atoms with Crippen LogP contribution in [-0.2, 0) is 19.2 Å². The lowest BCUT2D eigenvalue weighted by molar-refractivity contribution is -0.143. The highest BCUT2D eigenvalue weighted by molar-refractivity contribution is 6.51. The van der Waals surface area contributed by atoms with Crippen molar-refractivity contribution in [3.63, 3.8) is 0 Å². The maximum Gasteiger partial charge on any atom is 0.258 e. The van der Waals surface area contributed by atoms with E-state index in [0.717, 1.165) is 0 Å². The van der Waals surface area contributed by atoms with Gasteiger partial charge in [0, 0.05) is 42.4 Å². The van der Waals surface area contributed by atoms with E-state index in [0.29, 0.717) is 13.0 Å². The highest BCUT2D eigenvalue weighted by Gasteiger charge is 2.74. The summed E-state index contributed by atoms with van der Waals surface area (Å²) in [5.41, 5.74) is -0.425. The second kappa shape index (κ2) is 12.8. The molecule has 2 saturated heterocycles. The molecule has 1 aromatic carbocycles. The van der Waals surface area contributed by atoms with Gasteiger partial charge in [-0.1, -0.05) is 0 Å². The minimum atomic E-state index is -1.22. The lowest BCUT2D eigenvalue weighted by Crippen LogP contribution is -2.63. The minimum Gasteiger partial charge on any atom is -0.484 e. The molecule has 4 amide bonds. The van der Waals surface area contributed by atoms with Gasteiger partial charge in [-0.05, 0) is 64.8 Å². The zero-order valence-corrected chi connectivity index (χ0v) is 26.0. The molecule has 0 radical (unpaired) electrons. The van der Waals surface area contributed by atoms with Crippen LogP contribution in [-0.4, -0.2) is 82.3 Å². The average Bonchev–Trinajstić information content (AvgIpc) is 3.26. The molecule has 234 valence electrons. The van der Waals surface area contributed by atoms with Crippen LogP contribution in [0.2, 0.25) is 0 Å². The normalized spacial score (nSPS) is 25.9. The van der Waals surface area contributed by atoms with Gasteiger partial charge in [0.1, 0.15) is 34.0 Å². The number of carbonyl (C=O) groups excluding carboxylic acids is 4. The van der Waals surface area contributed by atoms with Crippen molar-refractivity contribution in [3.8, 4) is 11.8 Å². The van der Waals surface area contributed by atoms with E-state index >= 15 is 0 Å². The van der Waals surface area contributed by atoms with Gasteiger partial charge < -0.3 is 30.9 Å². The molecular weight excluding hydrogens is 602 g/mol. The van der Waals surface area contributed by atoms with Crippen LogP contribution in [0.1, 0.15) is 40.5 Å². The summed E-state index contributed by atoms with van der Waals surface area (Å²) in [5.74, 6) is -3.42. The van der Waals surface area contributed by atoms with Crippen molar-refractivity contribution in [1.29, 1.82) is 5.26 Å². The van der Waals surface area contributed by atoms with Gasteiger partial charge in [-0.15, -0.1) is 23.2 Å². The Morgan fingerprint density at radius 1 is 1.23 bits per heavy atom. The average molecular weight is 640 g/mol. The first-order chi connectivity index (χ1) is 20.1. The molecule has 4 N–H and O–H groups in total. The zero-order chi connectivity index (χ0) is 31.7. The number of hydrogen-bond donors (Lipinski definition) is 4. The van der Waals surface area contributed by atoms with E-state index in [4.69, 9.17) is 27.9 Å². The van der Waals surface area contributed by atoms with Gasteiger partial charge in [-0.3, -0.25) is 19.2 Å². The van der Waals surface area contributed by atoms with Crippen LogP contribution in [0.25, 0.3) is 0 Å². The van der Waals surface area contributed by atoms with Crippen molar-refractivity contribution >= 4 is 46.8 Å². The molecule has 0 aromatic heterocycles. The molecule has 1 aliphatic carbocycles. The molecule has 14 heteroatoms. The summed E-state index contributed by atoms with van der Waals surface area (Å²) in [5, 5.41) is 21.1. The van der Waals surface area contributed by atoms with Crippen LogP contribution in [0.15, 0.2) is 24.3 Å². The number of ether oxygens (including phenoxy) is 1. The second-order valence-corrected chi connectivity index (χ2v) is 13.9. The smallest absolute Gasteiger partial charge is 0.258 e. The quantitative estimate of drug-likeness (QED) is 0.269. The fourth-order valence-electron chi connectivity index (χ4n) is 5.93. The number of alkyl halides is 2. The summed E-state index contributed by atoms with van der Waals surface area (Å²) in [4.78, 5) is 54.1. The largest absolute Gasteiger partial charge is 0.484 e. The second-order valence-electron chi connectivity index (χ2n) is 12.4. The molecular formula is C29H37Cl2FN6O5. The van der Waals surface area contributed by atoms with Crippen LogP contribution in [0.3, 0.4) is 0 Å². The van der Waals surface area contributed by atoms with Crippen LogP contribution in [0.4, 0.5) is 4.39 Å². The van der Waals surface area contributed by atoms with Crippen molar-refractivity contribution in [1.82, 2.24) is 26.2 Å². The Bertz CT molecular complexity index is 1280. The first-order valence-electron chi connectivity index (χ1n) is 14.2. The number of fused-ring (bicyclic) bond motifs is 1. The molecule has 1 aromatic rings. The summed E-state index contributed by atoms with van der Waals surface area (Å²) in [7, 11) is 0. The number of rotatable bonds is 11. The van der Waals surface area contributed by atoms with E-state index in [2.05, 4.69) is 21.3 Å². The molecule has 11 nitrogen and oxygen atoms in total. The van der Waals surface area contributed by atoms with E-state index in [9.17, 15) is 28.8 Å². The SMILES string of the molecule is CC(NC(C)(C)C)[C@H](NC(=O)COc1ccc(F)cc1)C(=O)N1C[C@H]2[C@@H]([C@H]1C(=O)N[C@H](C#N)C[C@@H]1CCNC1=O)C2(Cl)Cl. The summed E-state index contributed by atoms with van der Waals surface area (Å²) in [6.07, 6.45) is 0.692. The summed E-state index contributed by atoms with van der Waals surface area (Å²) >= 11 is 13.0. The van der Waals surface area contributed by atoms with Crippen LogP contribution < -0.4 is 26.0 Å². The van der Waals surface area contributed by atoms with Gasteiger partial charge in [0.2, 0.25) is 17.7 Å². The monoisotopic (exact) mass is 638 g/mol. The highest BCUT2D eigenvalue weighted by Crippen LogP contribution is 2.65. The van der Waals surface area contributed by atoms with Gasteiger partial charge in [0.15, 0.2) is 6.61 Å². The number of halogens is 3. The van der Waals surface area contributed by atoms with Gasteiger partial charge >= 0.3 is 0 Å². The molecule has 4 rings (SSSR count). The first kappa shape index (κ1) is 32.8. The number of likely N-dealkylation sites (tertiary alicyclic amines) is 1. The fraction of sp³-hybridized carbons (Fsp3) is 0.621. The molecule has 43 heavy (non-hydrogen) atoms. The maximum atomic E-state index is 14.1. The molecule has 7 atom stereocenters. The highest BCUT2D eigenvalue weighted by atomic mass is 35.5. The molecule has 1 unspecified atom stereocenters. The number of piperidine rings is 1. The number of carbonyl (C=O) groups is 4. The third-order valence-electron chi connectivity index (χ3n) is 7.97. The summed E-state index contributed by atoms with van der Waals surface area (Å²) in [6, 6.07) is 3.47. The Kier molecular flexibility index (Phi) is 9.79. The lowest BCUT2D eigenvalue weighted by Gasteiger charge is -2.36. The topological polar surface area (TPSA) is 153 Å². The van der Waals surface area contributed by atoms with Crippen LogP contribution in [0.5, 0.6) is 5.75 Å². The number of nitrogens with zero attached hydrogens (tertiary/aromatic N) is 2. The standard InChI is InChI=1S/C29H37Cl2FN6O5/c1-15(37-28(2,3)4)23(36-21(39)14-43-19-7-5-17(32)6-8-19)27(42)38-13-20-22(29(20,30)31)24(38)26(41)35-18(12-33)11-16-9-10-34-25(16)40/h5-8,15-16,18,20,22-24,37H,9-11,13-14H2,1-4H3,(H,34,40)(H,35,41)(H,36,39)/t15?,16-,18-,20-,22-,23-,24-/m0/s1. The molecule has 3 aliphatic rings. The van der Waals surface area contributed by atoms with E-state index in [1.165, 1.54) is 29.2 Å². The number of nitriles is 1. The minimum absolute atomic E-state index is 0.0809. The molecule has 0 bridgehead atoms. The lowest BCUT2D eigenvalue weighted by atomic mass is 9.98. The van der Waals surface area contributed by atoms with E-state index in [1.54, 1.807) is 6.92 Å². The predicted molar refractivity (Wildman–Crippen MR) is 156 cm³/mol. The molecule has 1 saturated carbocycles. The van der Waals surface area contributed by atoms with Crippen molar-refractivity contribution in [3.05, 3.63) is 30.1 Å². The molecule has 0 spiro atoms. The zero-order valence-electron chi connectivity index (χ0n) is 24.5. The van der Waals surface area contributed by atoms with E-state index < -0.39 is 76.0 Å². The van der Waals surface area contributed by atoms with Crippen molar-refractivity contribution in [2.75, 3.05) is 19.7 Å². The molecule has 2 aliphatic heterocycles. The van der Waals surface area contributed by atoms with Crippen molar-refractivity contribution < 1.29 is 28.3 Å². The Morgan fingerprint density at radius 2 is 1.91 bits per heavy atom. The van der Waals surface area contributed by atoms with Crippen LogP contribution >= 0.6 is 23.2 Å². The van der Waals surface area contributed by atoms with Gasteiger partial charge in [-0.25, -0.2) is 4.39 Å². The number of nitrogens with one attached hydrogen (secondary N) is 4. The molecule has 3 fully saturated rings. The maximum absolute atomic E-state index is 14.1. The van der Waals surface area contributed by atoms with E-state index in [1.807, 2.05) is 26.8 Å². The van der Waals surface area contributed by atoms with Crippen molar-refractivity contribution in [2.45, 2.75) is 74.6 Å². The van der Waals surface area contributed by atoms with Crippen LogP contribution in [0, 0.1) is 34.9 Å². The molecule has 2 heterocycles. The third kappa shape index (κ3) is 7.69. The Morgan fingerprint density at radius 3 is 2.49 bits per heavy atom. The van der Waals surface area contributed by atoms with Gasteiger partial charge in [0.25, 0.3) is 5.91 Å². The number of hydrogen-bond acceptors (Lipinski definition) is 7. The predicted octanol–water partition coefficient (Wildman–Crippen LogP) is 1.63.